The van der Waals surface area contributed by atoms with Gasteiger partial charge < -0.3 is 4.74 Å². The second-order valence-electron chi connectivity index (χ2n) is 8.48. The lowest BCUT2D eigenvalue weighted by Crippen LogP contribution is -2.35. The van der Waals surface area contributed by atoms with Gasteiger partial charge >= 0.3 is 6.36 Å². The van der Waals surface area contributed by atoms with E-state index in [0.29, 0.717) is 6.54 Å². The molecule has 1 fully saturated rings. The van der Waals surface area contributed by atoms with Crippen molar-refractivity contribution < 1.29 is 26.7 Å². The number of alkyl halides is 3. The van der Waals surface area contributed by atoms with Crippen molar-refractivity contribution in [2.24, 2.45) is 5.92 Å². The quantitative estimate of drug-likeness (QED) is 0.260. The van der Waals surface area contributed by atoms with Gasteiger partial charge in [0.25, 0.3) is 0 Å². The molecule has 1 atom stereocenters. The molecule has 1 unspecified atom stereocenters. The standard InChI is InChI=1S/C26H25F5N2OS/c27-22-9-5-19(6-10-22)25(20-7-11-23(28)12-8-20)21-2-1-15-33(17-21)35-32-16-18-3-13-24(14-4-18)34-26(29,30)31/h3-14,21,25,32H,1-2,15-17H2. The Kier molecular flexibility index (Phi) is 8.30. The van der Waals surface area contributed by atoms with Crippen molar-refractivity contribution in [2.75, 3.05) is 13.1 Å². The van der Waals surface area contributed by atoms with Crippen LogP contribution < -0.4 is 9.46 Å². The molecule has 0 aromatic heterocycles. The van der Waals surface area contributed by atoms with Gasteiger partial charge in [-0.2, -0.15) is 0 Å². The average Bonchev–Trinajstić information content (AvgIpc) is 2.82. The minimum absolute atomic E-state index is 0.000719. The van der Waals surface area contributed by atoms with E-state index in [1.54, 1.807) is 36.4 Å². The van der Waals surface area contributed by atoms with Crippen molar-refractivity contribution in [1.82, 2.24) is 9.03 Å². The Balaban J connectivity index is 1.38. The SMILES string of the molecule is Fc1ccc(C(c2ccc(F)cc2)C2CCCN(SNCc3ccc(OC(F)(F)F)cc3)C2)cc1. The summed E-state index contributed by atoms with van der Waals surface area (Å²) in [6, 6.07) is 18.7. The third kappa shape index (κ3) is 7.43. The van der Waals surface area contributed by atoms with E-state index < -0.39 is 6.36 Å². The molecule has 3 aromatic carbocycles. The maximum absolute atomic E-state index is 13.6. The first-order valence-corrected chi connectivity index (χ1v) is 12.0. The fraction of sp³-hybridized carbons (Fsp3) is 0.308. The van der Waals surface area contributed by atoms with Crippen LogP contribution >= 0.6 is 12.1 Å². The first kappa shape index (κ1) is 25.5. The summed E-state index contributed by atoms with van der Waals surface area (Å²) in [4.78, 5) is 0. The van der Waals surface area contributed by atoms with Crippen molar-refractivity contribution in [3.8, 4) is 5.75 Å². The van der Waals surface area contributed by atoms with E-state index in [0.717, 1.165) is 42.6 Å². The first-order chi connectivity index (χ1) is 16.8. The van der Waals surface area contributed by atoms with Crippen LogP contribution in [-0.2, 0) is 6.54 Å². The molecule has 1 aliphatic rings. The molecule has 0 spiro atoms. The molecule has 3 aromatic rings. The molecule has 0 bridgehead atoms. The molecule has 4 rings (SSSR count). The van der Waals surface area contributed by atoms with Gasteiger partial charge in [0.1, 0.15) is 17.4 Å². The summed E-state index contributed by atoms with van der Waals surface area (Å²) in [5.74, 6) is -0.599. The zero-order valence-corrected chi connectivity index (χ0v) is 19.6. The third-order valence-corrected chi connectivity index (χ3v) is 6.84. The van der Waals surface area contributed by atoms with Crippen molar-refractivity contribution in [3.05, 3.63) is 101 Å². The summed E-state index contributed by atoms with van der Waals surface area (Å²) in [6.45, 7) is 2.12. The number of benzene rings is 3. The summed E-state index contributed by atoms with van der Waals surface area (Å²) >= 11 is 1.47. The van der Waals surface area contributed by atoms with Gasteiger partial charge in [0.05, 0.1) is 0 Å². The molecule has 1 aliphatic heterocycles. The molecule has 0 saturated carbocycles. The molecule has 1 N–H and O–H groups in total. The fourth-order valence-corrected chi connectivity index (χ4v) is 5.32. The van der Waals surface area contributed by atoms with Crippen LogP contribution in [0.5, 0.6) is 5.75 Å². The number of nitrogens with zero attached hydrogens (tertiary/aromatic N) is 1. The second-order valence-corrected chi connectivity index (χ2v) is 9.46. The Hall–Kier alpha value is -2.62. The van der Waals surface area contributed by atoms with Gasteiger partial charge in [-0.25, -0.2) is 17.8 Å². The normalized spacial score (nSPS) is 17.0. The Bertz CT molecular complexity index is 1030. The molecule has 35 heavy (non-hydrogen) atoms. The number of nitrogens with one attached hydrogen (secondary N) is 1. The van der Waals surface area contributed by atoms with Crippen LogP contribution in [0, 0.1) is 17.6 Å². The van der Waals surface area contributed by atoms with E-state index in [1.807, 2.05) is 0 Å². The van der Waals surface area contributed by atoms with E-state index in [2.05, 4.69) is 13.8 Å². The summed E-state index contributed by atoms with van der Waals surface area (Å²) in [7, 11) is 0. The van der Waals surface area contributed by atoms with Crippen LogP contribution in [0.1, 0.15) is 35.4 Å². The molecule has 0 aliphatic carbocycles. The lowest BCUT2D eigenvalue weighted by atomic mass is 9.77. The Morgan fingerprint density at radius 1 is 0.886 bits per heavy atom. The number of rotatable bonds is 8. The smallest absolute Gasteiger partial charge is 0.406 e. The van der Waals surface area contributed by atoms with Gasteiger partial charge in [0.15, 0.2) is 0 Å². The predicted molar refractivity (Wildman–Crippen MR) is 126 cm³/mol. The molecular formula is C26H25F5N2OS. The van der Waals surface area contributed by atoms with Crippen LogP contribution in [0.25, 0.3) is 0 Å². The molecule has 0 amide bonds. The Labute approximate surface area is 205 Å². The van der Waals surface area contributed by atoms with E-state index >= 15 is 0 Å². The lowest BCUT2D eigenvalue weighted by Gasteiger charge is -2.36. The van der Waals surface area contributed by atoms with Crippen molar-refractivity contribution in [3.63, 3.8) is 0 Å². The number of ether oxygens (including phenoxy) is 1. The highest BCUT2D eigenvalue weighted by molar-refractivity contribution is 7.95. The monoisotopic (exact) mass is 508 g/mol. The summed E-state index contributed by atoms with van der Waals surface area (Å²) in [5.41, 5.74) is 2.81. The largest absolute Gasteiger partial charge is 0.573 e. The van der Waals surface area contributed by atoms with Crippen LogP contribution in [0.3, 0.4) is 0 Å². The Morgan fingerprint density at radius 2 is 1.46 bits per heavy atom. The number of piperidine rings is 1. The van der Waals surface area contributed by atoms with Crippen molar-refractivity contribution in [2.45, 2.75) is 31.7 Å². The highest BCUT2D eigenvalue weighted by atomic mass is 32.2. The van der Waals surface area contributed by atoms with Crippen molar-refractivity contribution >= 4 is 12.1 Å². The number of hydrogen-bond acceptors (Lipinski definition) is 4. The topological polar surface area (TPSA) is 24.5 Å². The van der Waals surface area contributed by atoms with Crippen LogP contribution in [0.15, 0.2) is 72.8 Å². The molecule has 9 heteroatoms. The van der Waals surface area contributed by atoms with E-state index in [-0.39, 0.29) is 29.2 Å². The highest BCUT2D eigenvalue weighted by Gasteiger charge is 2.31. The van der Waals surface area contributed by atoms with Crippen LogP contribution in [0.4, 0.5) is 22.0 Å². The minimum atomic E-state index is -4.71. The summed E-state index contributed by atoms with van der Waals surface area (Å²) in [6.07, 6.45) is -2.75. The third-order valence-electron chi connectivity index (χ3n) is 5.98. The Morgan fingerprint density at radius 3 is 2.00 bits per heavy atom. The highest BCUT2D eigenvalue weighted by Crippen LogP contribution is 2.38. The van der Waals surface area contributed by atoms with E-state index in [4.69, 9.17) is 0 Å². The van der Waals surface area contributed by atoms with Crippen LogP contribution in [0.2, 0.25) is 0 Å². The first-order valence-electron chi connectivity index (χ1n) is 11.3. The molecule has 1 saturated heterocycles. The zero-order chi connectivity index (χ0) is 24.8. The van der Waals surface area contributed by atoms with Gasteiger partial charge in [-0.3, -0.25) is 0 Å². The average molecular weight is 509 g/mol. The maximum atomic E-state index is 13.6. The summed E-state index contributed by atoms with van der Waals surface area (Å²) < 4.78 is 73.4. The molecule has 3 nitrogen and oxygen atoms in total. The number of halogens is 5. The zero-order valence-electron chi connectivity index (χ0n) is 18.8. The van der Waals surface area contributed by atoms with Gasteiger partial charge in [-0.1, -0.05) is 36.4 Å². The molecule has 186 valence electrons. The van der Waals surface area contributed by atoms with E-state index in [1.165, 1.54) is 48.5 Å². The summed E-state index contributed by atoms with van der Waals surface area (Å²) in [5, 5.41) is 0. The molecular weight excluding hydrogens is 483 g/mol. The fourth-order valence-electron chi connectivity index (χ4n) is 4.42. The number of hydrogen-bond donors (Lipinski definition) is 1. The maximum Gasteiger partial charge on any atom is 0.573 e. The van der Waals surface area contributed by atoms with Gasteiger partial charge in [0.2, 0.25) is 0 Å². The van der Waals surface area contributed by atoms with Crippen molar-refractivity contribution in [1.29, 1.82) is 0 Å². The second kappa shape index (κ2) is 11.4. The lowest BCUT2D eigenvalue weighted by molar-refractivity contribution is -0.274. The predicted octanol–water partition coefficient (Wildman–Crippen LogP) is 7.06. The van der Waals surface area contributed by atoms with E-state index in [9.17, 15) is 22.0 Å². The molecule has 0 radical (unpaired) electrons. The minimum Gasteiger partial charge on any atom is -0.406 e. The molecule has 1 heterocycles. The van der Waals surface area contributed by atoms with Gasteiger partial charge in [0, 0.05) is 37.7 Å². The van der Waals surface area contributed by atoms with Crippen LogP contribution in [-0.4, -0.2) is 23.8 Å². The van der Waals surface area contributed by atoms with Gasteiger partial charge in [-0.05, 0) is 71.8 Å². The van der Waals surface area contributed by atoms with Gasteiger partial charge in [-0.15, -0.1) is 13.2 Å².